The lowest BCUT2D eigenvalue weighted by molar-refractivity contribution is 0.306. The van der Waals surface area contributed by atoms with Crippen molar-refractivity contribution >= 4 is 0 Å². The topological polar surface area (TPSA) is 42.1 Å². The zero-order valence-electron chi connectivity index (χ0n) is 11.5. The smallest absolute Gasteiger partial charge is 0.247 e. The van der Waals surface area contributed by atoms with E-state index in [0.717, 1.165) is 22.4 Å². The molecule has 3 aromatic rings. The summed E-state index contributed by atoms with van der Waals surface area (Å²) in [5, 5.41) is 0. The van der Waals surface area contributed by atoms with Crippen LogP contribution < -0.4 is 10.3 Å². The Balaban J connectivity index is 1.69. The summed E-state index contributed by atoms with van der Waals surface area (Å²) in [6.45, 7) is 0.554. The highest BCUT2D eigenvalue weighted by Crippen LogP contribution is 2.21. The van der Waals surface area contributed by atoms with Crippen molar-refractivity contribution in [1.29, 1.82) is 0 Å². The summed E-state index contributed by atoms with van der Waals surface area (Å²) in [5.74, 6) is 0.826. The van der Waals surface area contributed by atoms with Crippen LogP contribution in [0.15, 0.2) is 77.7 Å². The van der Waals surface area contributed by atoms with Gasteiger partial charge in [0.25, 0.3) is 0 Å². The van der Waals surface area contributed by atoms with Crippen LogP contribution in [-0.2, 0) is 6.61 Å². The second kappa shape index (κ2) is 6.09. The molecule has 0 aliphatic rings. The molecule has 3 rings (SSSR count). The molecule has 0 saturated heterocycles. The minimum Gasteiger partial charge on any atom is -0.489 e. The van der Waals surface area contributed by atoms with Gasteiger partial charge in [0.15, 0.2) is 0 Å². The minimum atomic E-state index is -0.0958. The first kappa shape index (κ1) is 13.2. The first-order valence-corrected chi connectivity index (χ1v) is 6.77. The number of hydrogen-bond acceptors (Lipinski definition) is 2. The van der Waals surface area contributed by atoms with E-state index in [2.05, 4.69) is 4.98 Å². The molecule has 0 spiro atoms. The molecule has 1 heterocycles. The van der Waals surface area contributed by atoms with E-state index in [0.29, 0.717) is 6.61 Å². The number of benzene rings is 2. The Kier molecular flexibility index (Phi) is 3.83. The Morgan fingerprint density at radius 3 is 2.19 bits per heavy atom. The van der Waals surface area contributed by atoms with Gasteiger partial charge in [0.1, 0.15) is 12.4 Å². The SMILES string of the molecule is O=c1ccc(-c2ccc(OCc3ccccc3)cc2)c[nH]1. The minimum absolute atomic E-state index is 0.0958. The number of hydrogen-bond donors (Lipinski definition) is 1. The van der Waals surface area contributed by atoms with Crippen LogP contribution in [0.1, 0.15) is 5.56 Å². The molecule has 0 atom stereocenters. The molecule has 2 aromatic carbocycles. The van der Waals surface area contributed by atoms with Gasteiger partial charge >= 0.3 is 0 Å². The highest BCUT2D eigenvalue weighted by atomic mass is 16.5. The molecule has 3 nitrogen and oxygen atoms in total. The van der Waals surface area contributed by atoms with Crippen molar-refractivity contribution < 1.29 is 4.74 Å². The van der Waals surface area contributed by atoms with Gasteiger partial charge in [-0.15, -0.1) is 0 Å². The summed E-state index contributed by atoms with van der Waals surface area (Å²) in [7, 11) is 0. The van der Waals surface area contributed by atoms with Crippen LogP contribution >= 0.6 is 0 Å². The standard InChI is InChI=1S/C18H15NO2/c20-18-11-8-16(12-19-18)15-6-9-17(10-7-15)21-13-14-4-2-1-3-5-14/h1-12H,13H2,(H,19,20). The molecule has 0 aliphatic heterocycles. The van der Waals surface area contributed by atoms with Gasteiger partial charge in [0.2, 0.25) is 5.56 Å². The van der Waals surface area contributed by atoms with Gasteiger partial charge in [-0.05, 0) is 34.9 Å². The second-order valence-electron chi connectivity index (χ2n) is 4.74. The van der Waals surface area contributed by atoms with Gasteiger partial charge in [-0.1, -0.05) is 42.5 Å². The van der Waals surface area contributed by atoms with Crippen molar-refractivity contribution in [3.8, 4) is 16.9 Å². The third kappa shape index (κ3) is 3.39. The van der Waals surface area contributed by atoms with E-state index in [1.54, 1.807) is 12.3 Å². The predicted molar refractivity (Wildman–Crippen MR) is 83.3 cm³/mol. The van der Waals surface area contributed by atoms with Crippen LogP contribution in [0.2, 0.25) is 0 Å². The summed E-state index contributed by atoms with van der Waals surface area (Å²) in [6, 6.07) is 21.2. The van der Waals surface area contributed by atoms with E-state index < -0.39 is 0 Å². The molecule has 1 aromatic heterocycles. The fourth-order valence-corrected chi connectivity index (χ4v) is 2.07. The monoisotopic (exact) mass is 277 g/mol. The average molecular weight is 277 g/mol. The molecule has 3 heteroatoms. The van der Waals surface area contributed by atoms with Crippen LogP contribution in [0.5, 0.6) is 5.75 Å². The maximum Gasteiger partial charge on any atom is 0.247 e. The van der Waals surface area contributed by atoms with Crippen LogP contribution in [-0.4, -0.2) is 4.98 Å². The summed E-state index contributed by atoms with van der Waals surface area (Å²) >= 11 is 0. The molecule has 0 amide bonds. The number of aromatic nitrogens is 1. The Morgan fingerprint density at radius 2 is 1.52 bits per heavy atom. The summed E-state index contributed by atoms with van der Waals surface area (Å²) in [6.07, 6.45) is 1.71. The predicted octanol–water partition coefficient (Wildman–Crippen LogP) is 3.62. The lowest BCUT2D eigenvalue weighted by Gasteiger charge is -2.07. The quantitative estimate of drug-likeness (QED) is 0.791. The third-order valence-corrected chi connectivity index (χ3v) is 3.22. The van der Waals surface area contributed by atoms with E-state index in [1.165, 1.54) is 6.07 Å². The molecule has 0 aliphatic carbocycles. The van der Waals surface area contributed by atoms with E-state index >= 15 is 0 Å². The number of H-pyrrole nitrogens is 1. The molecular formula is C18H15NO2. The van der Waals surface area contributed by atoms with Gasteiger partial charge in [-0.3, -0.25) is 4.79 Å². The van der Waals surface area contributed by atoms with Crippen LogP contribution in [0, 0.1) is 0 Å². The molecule has 0 unspecified atom stereocenters. The molecule has 1 N–H and O–H groups in total. The van der Waals surface area contributed by atoms with Gasteiger partial charge in [-0.2, -0.15) is 0 Å². The molecule has 0 bridgehead atoms. The molecule has 0 radical (unpaired) electrons. The number of pyridine rings is 1. The normalized spacial score (nSPS) is 10.3. The van der Waals surface area contributed by atoms with E-state index in [9.17, 15) is 4.79 Å². The second-order valence-corrected chi connectivity index (χ2v) is 4.74. The Hall–Kier alpha value is -2.81. The highest BCUT2D eigenvalue weighted by molar-refractivity contribution is 5.62. The zero-order valence-corrected chi connectivity index (χ0v) is 11.5. The maximum absolute atomic E-state index is 11.1. The van der Waals surface area contributed by atoms with Gasteiger partial charge in [0, 0.05) is 12.3 Å². The van der Waals surface area contributed by atoms with Gasteiger partial charge in [-0.25, -0.2) is 0 Å². The number of rotatable bonds is 4. The average Bonchev–Trinajstić information content (AvgIpc) is 2.55. The number of nitrogens with one attached hydrogen (secondary N) is 1. The van der Waals surface area contributed by atoms with Crippen LogP contribution in [0.3, 0.4) is 0 Å². The van der Waals surface area contributed by atoms with Crippen molar-refractivity contribution in [2.75, 3.05) is 0 Å². The number of ether oxygens (including phenoxy) is 1. The van der Waals surface area contributed by atoms with E-state index in [1.807, 2.05) is 54.6 Å². The van der Waals surface area contributed by atoms with Gasteiger partial charge in [0.05, 0.1) is 0 Å². The third-order valence-electron chi connectivity index (χ3n) is 3.22. The molecule has 0 saturated carbocycles. The number of aromatic amines is 1. The highest BCUT2D eigenvalue weighted by Gasteiger charge is 1.99. The molecular weight excluding hydrogens is 262 g/mol. The summed E-state index contributed by atoms with van der Waals surface area (Å²) in [5.41, 5.74) is 3.06. The lowest BCUT2D eigenvalue weighted by Crippen LogP contribution is -2.01. The first-order chi connectivity index (χ1) is 10.3. The fraction of sp³-hybridized carbons (Fsp3) is 0.0556. The summed E-state index contributed by atoms with van der Waals surface area (Å²) < 4.78 is 5.74. The summed E-state index contributed by atoms with van der Waals surface area (Å²) in [4.78, 5) is 13.7. The Labute approximate surface area is 122 Å². The fourth-order valence-electron chi connectivity index (χ4n) is 2.07. The lowest BCUT2D eigenvalue weighted by atomic mass is 10.1. The van der Waals surface area contributed by atoms with Crippen molar-refractivity contribution in [2.24, 2.45) is 0 Å². The Bertz CT molecular complexity index is 741. The van der Waals surface area contributed by atoms with Crippen molar-refractivity contribution in [1.82, 2.24) is 4.98 Å². The van der Waals surface area contributed by atoms with E-state index in [4.69, 9.17) is 4.74 Å². The zero-order chi connectivity index (χ0) is 14.5. The first-order valence-electron chi connectivity index (χ1n) is 6.77. The maximum atomic E-state index is 11.1. The van der Waals surface area contributed by atoms with Crippen molar-refractivity contribution in [2.45, 2.75) is 6.61 Å². The Morgan fingerprint density at radius 1 is 0.810 bits per heavy atom. The van der Waals surface area contributed by atoms with Crippen LogP contribution in [0.4, 0.5) is 0 Å². The molecule has 21 heavy (non-hydrogen) atoms. The largest absolute Gasteiger partial charge is 0.489 e. The van der Waals surface area contributed by atoms with Crippen molar-refractivity contribution in [3.63, 3.8) is 0 Å². The van der Waals surface area contributed by atoms with E-state index in [-0.39, 0.29) is 5.56 Å². The van der Waals surface area contributed by atoms with Gasteiger partial charge < -0.3 is 9.72 Å². The molecule has 104 valence electrons. The van der Waals surface area contributed by atoms with Crippen molar-refractivity contribution in [3.05, 3.63) is 88.8 Å². The molecule has 0 fully saturated rings. The van der Waals surface area contributed by atoms with Crippen LogP contribution in [0.25, 0.3) is 11.1 Å².